The van der Waals surface area contributed by atoms with Crippen molar-refractivity contribution in [1.82, 2.24) is 15.0 Å². The third kappa shape index (κ3) is 4.09. The lowest BCUT2D eigenvalue weighted by Crippen LogP contribution is -2.06. The largest absolute Gasteiger partial charge is 0.478 e. The van der Waals surface area contributed by atoms with Gasteiger partial charge in [0, 0.05) is 10.0 Å². The van der Waals surface area contributed by atoms with Crippen LogP contribution in [-0.4, -0.2) is 34.5 Å². The Bertz CT molecular complexity index is 1380. The molecule has 0 saturated carbocycles. The highest BCUT2D eigenvalue weighted by Gasteiger charge is 2.29. The van der Waals surface area contributed by atoms with Crippen LogP contribution in [-0.2, 0) is 16.3 Å². The number of nitrogens with zero attached hydrogens (tertiary/aromatic N) is 3. The maximum absolute atomic E-state index is 13.5. The van der Waals surface area contributed by atoms with Crippen LogP contribution in [0.3, 0.4) is 0 Å². The molecular formula is C23H18BrN3O4S. The van der Waals surface area contributed by atoms with Crippen LogP contribution >= 0.6 is 15.9 Å². The summed E-state index contributed by atoms with van der Waals surface area (Å²) in [6.07, 6.45) is 0.799. The minimum Gasteiger partial charge on any atom is -0.478 e. The molecule has 0 fully saturated rings. The van der Waals surface area contributed by atoms with E-state index in [4.69, 9.17) is 5.11 Å². The number of carboxylic acids is 1. The Labute approximate surface area is 193 Å². The molecule has 3 aromatic carbocycles. The molecule has 1 heterocycles. The monoisotopic (exact) mass is 511 g/mol. The molecule has 4 aromatic rings. The maximum atomic E-state index is 13.5. The van der Waals surface area contributed by atoms with E-state index in [0.29, 0.717) is 16.9 Å². The number of hydrogen-bond donors (Lipinski definition) is 1. The Morgan fingerprint density at radius 3 is 2.16 bits per heavy atom. The number of halogens is 1. The summed E-state index contributed by atoms with van der Waals surface area (Å²) in [6, 6.07) is 19.8. The predicted octanol–water partition coefficient (Wildman–Crippen LogP) is 4.79. The highest BCUT2D eigenvalue weighted by atomic mass is 79.9. The van der Waals surface area contributed by atoms with Gasteiger partial charge in [0.05, 0.1) is 16.1 Å². The Morgan fingerprint density at radius 1 is 0.969 bits per heavy atom. The van der Waals surface area contributed by atoms with Gasteiger partial charge in [-0.2, -0.15) is 0 Å². The van der Waals surface area contributed by atoms with Gasteiger partial charge < -0.3 is 5.11 Å². The average Bonchev–Trinajstić information content (AvgIpc) is 3.26. The van der Waals surface area contributed by atoms with Crippen LogP contribution < -0.4 is 0 Å². The second kappa shape index (κ2) is 8.68. The van der Waals surface area contributed by atoms with Gasteiger partial charge in [0.25, 0.3) is 0 Å². The van der Waals surface area contributed by atoms with Crippen molar-refractivity contribution in [3.63, 3.8) is 0 Å². The molecule has 0 atom stereocenters. The van der Waals surface area contributed by atoms with Crippen molar-refractivity contribution in [2.75, 3.05) is 0 Å². The quantitative estimate of drug-likeness (QED) is 0.399. The molecule has 4 rings (SSSR count). The Balaban J connectivity index is 1.91. The van der Waals surface area contributed by atoms with Crippen LogP contribution in [0.1, 0.15) is 22.8 Å². The topological polar surface area (TPSA) is 102 Å². The van der Waals surface area contributed by atoms with E-state index in [1.807, 2.05) is 6.92 Å². The van der Waals surface area contributed by atoms with E-state index >= 15 is 0 Å². The molecule has 0 aliphatic rings. The smallest absolute Gasteiger partial charge is 0.335 e. The number of carbonyl (C=O) groups is 1. The standard InChI is InChI=1S/C23H18BrN3O4S/c1-2-15-3-13-20(14-4-15)32(30,31)22-21(16-5-9-18(24)10-6-16)27(26-25-22)19-11-7-17(8-12-19)23(28)29/h3-14H,2H2,1H3,(H,28,29). The van der Waals surface area contributed by atoms with Crippen LogP contribution in [0.5, 0.6) is 0 Å². The molecule has 1 aromatic heterocycles. The number of sulfone groups is 1. The summed E-state index contributed by atoms with van der Waals surface area (Å²) in [5.41, 5.74) is 2.52. The van der Waals surface area contributed by atoms with E-state index in [1.54, 1.807) is 60.7 Å². The van der Waals surface area contributed by atoms with Gasteiger partial charge in [-0.3, -0.25) is 0 Å². The first-order chi connectivity index (χ1) is 15.3. The molecule has 1 N–H and O–H groups in total. The molecule has 0 saturated heterocycles. The van der Waals surface area contributed by atoms with Gasteiger partial charge in [-0.1, -0.05) is 52.3 Å². The fourth-order valence-corrected chi connectivity index (χ4v) is 4.83. The third-order valence-corrected chi connectivity index (χ3v) is 7.22. The number of benzene rings is 3. The molecule has 32 heavy (non-hydrogen) atoms. The van der Waals surface area contributed by atoms with Crippen LogP contribution in [0.2, 0.25) is 0 Å². The van der Waals surface area contributed by atoms with E-state index < -0.39 is 15.8 Å². The summed E-state index contributed by atoms with van der Waals surface area (Å²) in [5.74, 6) is -1.05. The molecule has 162 valence electrons. The second-order valence-electron chi connectivity index (χ2n) is 7.01. The second-order valence-corrected chi connectivity index (χ2v) is 9.80. The third-order valence-electron chi connectivity index (χ3n) is 5.01. The Hall–Kier alpha value is -3.30. The SMILES string of the molecule is CCc1ccc(S(=O)(=O)c2nnn(-c3ccc(C(=O)O)cc3)c2-c2ccc(Br)cc2)cc1. The van der Waals surface area contributed by atoms with Crippen LogP contribution in [0.4, 0.5) is 0 Å². The van der Waals surface area contributed by atoms with E-state index in [2.05, 4.69) is 26.2 Å². The van der Waals surface area contributed by atoms with Crippen LogP contribution in [0, 0.1) is 0 Å². The molecule has 0 bridgehead atoms. The molecule has 0 radical (unpaired) electrons. The fraction of sp³-hybridized carbons (Fsp3) is 0.0870. The van der Waals surface area contributed by atoms with Crippen LogP contribution in [0.25, 0.3) is 16.9 Å². The molecule has 0 aliphatic heterocycles. The van der Waals surface area contributed by atoms with Gasteiger partial charge in [-0.05, 0) is 60.5 Å². The number of aromatic nitrogens is 3. The lowest BCUT2D eigenvalue weighted by molar-refractivity contribution is 0.0697. The van der Waals surface area contributed by atoms with E-state index in [0.717, 1.165) is 16.5 Å². The molecule has 7 nitrogen and oxygen atoms in total. The minimum absolute atomic E-state index is 0.114. The summed E-state index contributed by atoms with van der Waals surface area (Å²) < 4.78 is 29.2. The number of hydrogen-bond acceptors (Lipinski definition) is 5. The van der Waals surface area contributed by atoms with Crippen molar-refractivity contribution in [1.29, 1.82) is 0 Å². The first-order valence-corrected chi connectivity index (χ1v) is 12.0. The zero-order valence-electron chi connectivity index (χ0n) is 16.9. The fourth-order valence-electron chi connectivity index (χ4n) is 3.24. The first kappa shape index (κ1) is 21.9. The molecular weight excluding hydrogens is 494 g/mol. The van der Waals surface area contributed by atoms with Gasteiger partial charge in [0.1, 0.15) is 5.69 Å². The van der Waals surface area contributed by atoms with E-state index in [9.17, 15) is 13.2 Å². The van der Waals surface area contributed by atoms with Gasteiger partial charge in [0.2, 0.25) is 14.9 Å². The Morgan fingerprint density at radius 2 is 1.59 bits per heavy atom. The van der Waals surface area contributed by atoms with Crippen molar-refractivity contribution in [3.05, 3.63) is 88.4 Å². The van der Waals surface area contributed by atoms with Crippen molar-refractivity contribution >= 4 is 31.7 Å². The predicted molar refractivity (Wildman–Crippen MR) is 123 cm³/mol. The summed E-state index contributed by atoms with van der Waals surface area (Å²) in [7, 11) is -3.96. The summed E-state index contributed by atoms with van der Waals surface area (Å²) in [6.45, 7) is 2.00. The maximum Gasteiger partial charge on any atom is 0.335 e. The van der Waals surface area contributed by atoms with Crippen molar-refractivity contribution in [3.8, 4) is 16.9 Å². The van der Waals surface area contributed by atoms with Crippen LogP contribution in [0.15, 0.2) is 87.2 Å². The number of aromatic carboxylic acids is 1. The van der Waals surface area contributed by atoms with E-state index in [-0.39, 0.29) is 15.5 Å². The molecule has 9 heteroatoms. The molecule has 0 aliphatic carbocycles. The van der Waals surface area contributed by atoms with Crippen molar-refractivity contribution in [2.24, 2.45) is 0 Å². The lowest BCUT2D eigenvalue weighted by Gasteiger charge is -2.10. The highest BCUT2D eigenvalue weighted by molar-refractivity contribution is 9.10. The van der Waals surface area contributed by atoms with Crippen molar-refractivity contribution in [2.45, 2.75) is 23.3 Å². The van der Waals surface area contributed by atoms with Gasteiger partial charge in [-0.25, -0.2) is 17.9 Å². The van der Waals surface area contributed by atoms with Crippen molar-refractivity contribution < 1.29 is 18.3 Å². The summed E-state index contributed by atoms with van der Waals surface area (Å²) in [4.78, 5) is 11.3. The Kier molecular flexibility index (Phi) is 5.94. The zero-order valence-corrected chi connectivity index (χ0v) is 19.3. The molecule has 0 amide bonds. The number of aryl methyl sites for hydroxylation is 1. The zero-order chi connectivity index (χ0) is 22.9. The first-order valence-electron chi connectivity index (χ1n) is 9.70. The average molecular weight is 512 g/mol. The molecule has 0 spiro atoms. The number of carboxylic acid groups (broad SMARTS) is 1. The van der Waals surface area contributed by atoms with E-state index in [1.165, 1.54) is 16.8 Å². The van der Waals surface area contributed by atoms with Gasteiger partial charge in [-0.15, -0.1) is 5.10 Å². The normalized spacial score (nSPS) is 11.4. The summed E-state index contributed by atoms with van der Waals surface area (Å²) >= 11 is 3.39. The lowest BCUT2D eigenvalue weighted by atomic mass is 10.1. The van der Waals surface area contributed by atoms with Gasteiger partial charge in [0.15, 0.2) is 0 Å². The minimum atomic E-state index is -3.96. The number of rotatable bonds is 6. The van der Waals surface area contributed by atoms with Gasteiger partial charge >= 0.3 is 5.97 Å². The molecule has 0 unspecified atom stereocenters. The summed E-state index contributed by atoms with van der Waals surface area (Å²) in [5, 5.41) is 17.1. The highest BCUT2D eigenvalue weighted by Crippen LogP contribution is 2.32.